The van der Waals surface area contributed by atoms with Gasteiger partial charge in [-0.05, 0) is 12.2 Å². The van der Waals surface area contributed by atoms with Gasteiger partial charge in [-0.3, -0.25) is 0 Å². The first-order valence-corrected chi connectivity index (χ1v) is 2.21. The Hall–Kier alpha value is -0.0605. The Morgan fingerprint density at radius 3 is 1.17 bits per heavy atom. The van der Waals surface area contributed by atoms with E-state index in [9.17, 15) is 0 Å². The van der Waals surface area contributed by atoms with Gasteiger partial charge < -0.3 is 21.2 Å². The van der Waals surface area contributed by atoms with Crippen LogP contribution in [0.2, 0.25) is 0 Å². The molecule has 0 atom stereocenters. The molecule has 0 saturated carbocycles. The second-order valence-corrected chi connectivity index (χ2v) is 1.05. The fraction of sp³-hybridized carbons (Fsp3) is 0. The van der Waals surface area contributed by atoms with E-state index in [2.05, 4.69) is 13.2 Å². The minimum Gasteiger partial charge on any atom is -1.00 e. The molecular formula is C6H7MnNaO4. The molecule has 0 unspecified atom stereocenters. The molecule has 0 rings (SSSR count). The molecule has 0 amide bonds. The molecule has 4 nitrogen and oxygen atoms in total. The average molecular weight is 221 g/mol. The van der Waals surface area contributed by atoms with E-state index >= 15 is 0 Å². The topological polar surface area (TPSA) is 80.3 Å². The molecular weight excluding hydrogens is 214 g/mol. The third-order valence-electron chi connectivity index (χ3n) is 0.333. The molecule has 0 aromatic carbocycles. The Labute approximate surface area is 105 Å². The van der Waals surface area contributed by atoms with Gasteiger partial charge in [0.15, 0.2) is 0 Å². The van der Waals surface area contributed by atoms with Crippen molar-refractivity contribution in [2.24, 2.45) is 0 Å². The molecule has 63 valence electrons. The van der Waals surface area contributed by atoms with Gasteiger partial charge in [-0.25, -0.2) is 0 Å². The second kappa shape index (κ2) is 17.1. The third kappa shape index (κ3) is 51.2. The number of carbonyl (C=O) groups excluding carboxylic acids is 2. The fourth-order valence-electron chi connectivity index (χ4n) is 0. The van der Waals surface area contributed by atoms with E-state index in [-0.39, 0.29) is 48.1 Å². The van der Waals surface area contributed by atoms with Crippen LogP contribution in [-0.2, 0) is 26.7 Å². The van der Waals surface area contributed by atoms with Crippen molar-refractivity contribution in [2.75, 3.05) is 0 Å². The number of hydrogen-bond acceptors (Lipinski definition) is 4. The number of aliphatic carboxylic acids is 2. The van der Waals surface area contributed by atoms with Gasteiger partial charge in [-0.15, -0.1) is 0 Å². The Morgan fingerprint density at radius 2 is 1.17 bits per heavy atom. The molecule has 6 heteroatoms. The van der Waals surface area contributed by atoms with Crippen molar-refractivity contribution in [2.45, 2.75) is 0 Å². The van der Waals surface area contributed by atoms with Gasteiger partial charge in [-0.2, -0.15) is 0 Å². The van der Waals surface area contributed by atoms with Crippen LogP contribution in [0.4, 0.5) is 0 Å². The molecule has 0 saturated heterocycles. The first-order valence-electron chi connectivity index (χ1n) is 2.21. The summed E-state index contributed by atoms with van der Waals surface area (Å²) in [5.41, 5.74) is 0. The molecule has 0 spiro atoms. The number of rotatable bonds is 2. The van der Waals surface area contributed by atoms with Gasteiger partial charge in [0.25, 0.3) is 0 Å². The molecule has 1 radical (unpaired) electrons. The summed E-state index contributed by atoms with van der Waals surface area (Å²) in [6.07, 6.45) is 1.44. The fourth-order valence-corrected chi connectivity index (χ4v) is 0. The van der Waals surface area contributed by atoms with Crippen molar-refractivity contribution < 1.29 is 67.9 Å². The smallest absolute Gasteiger partial charge is 1.00 e. The monoisotopic (exact) mass is 221 g/mol. The zero-order valence-electron chi connectivity index (χ0n) is 7.58. The Kier molecular flexibility index (Phi) is 32.4. The molecule has 0 fully saturated rings. The van der Waals surface area contributed by atoms with Crippen molar-refractivity contribution in [1.82, 2.24) is 0 Å². The van der Waals surface area contributed by atoms with Crippen molar-refractivity contribution in [1.29, 1.82) is 0 Å². The van der Waals surface area contributed by atoms with Crippen LogP contribution in [0.15, 0.2) is 25.3 Å². The third-order valence-corrected chi connectivity index (χ3v) is 0.333. The van der Waals surface area contributed by atoms with E-state index in [1.165, 1.54) is 0 Å². The average Bonchev–Trinajstić information content (AvgIpc) is 1.89. The van der Waals surface area contributed by atoms with Crippen LogP contribution in [0.1, 0.15) is 1.43 Å². The zero-order valence-corrected chi connectivity index (χ0v) is 9.76. The normalized spacial score (nSPS) is 5.33. The first kappa shape index (κ1) is 22.7. The minimum atomic E-state index is -1.23. The van der Waals surface area contributed by atoms with Gasteiger partial charge in [0.2, 0.25) is 0 Å². The Bertz CT molecular complexity index is 145. The number of carbonyl (C=O) groups is 2. The number of hydrogen-bond donors (Lipinski definition) is 0. The van der Waals surface area contributed by atoms with E-state index in [4.69, 9.17) is 19.8 Å². The van der Waals surface area contributed by atoms with Crippen LogP contribution in [0, 0.1) is 0 Å². The van der Waals surface area contributed by atoms with E-state index in [0.29, 0.717) is 0 Å². The predicted molar refractivity (Wildman–Crippen MR) is 31.5 cm³/mol. The molecule has 0 heterocycles. The second-order valence-electron chi connectivity index (χ2n) is 1.05. The summed E-state index contributed by atoms with van der Waals surface area (Å²) in [6.45, 7) is 5.80. The van der Waals surface area contributed by atoms with Gasteiger partial charge in [0, 0.05) is 0 Å². The molecule has 0 aromatic heterocycles. The largest absolute Gasteiger partial charge is 2.00 e. The summed E-state index contributed by atoms with van der Waals surface area (Å²) >= 11 is 0. The maximum atomic E-state index is 9.14. The Morgan fingerprint density at radius 1 is 1.08 bits per heavy atom. The summed E-state index contributed by atoms with van der Waals surface area (Å²) in [5.74, 6) is -2.46. The first-order chi connectivity index (χ1) is 4.54. The van der Waals surface area contributed by atoms with Crippen LogP contribution < -0.4 is 39.8 Å². The van der Waals surface area contributed by atoms with Crippen molar-refractivity contribution in [3.05, 3.63) is 25.3 Å². The molecule has 0 N–H and O–H groups in total. The van der Waals surface area contributed by atoms with Gasteiger partial charge in [0.1, 0.15) is 0 Å². The quantitative estimate of drug-likeness (QED) is 0.345. The molecule has 12 heavy (non-hydrogen) atoms. The summed E-state index contributed by atoms with van der Waals surface area (Å²) in [7, 11) is 0. The standard InChI is InChI=1S/2C3H4O2.Mn.Na.H/c2*1-2-3(4)5;;;/h2*2H,1H2,(H,4,5);;;/q;;+2;+1;-1/p-2. The predicted octanol–water partition coefficient (Wildman–Crippen LogP) is -5.04. The van der Waals surface area contributed by atoms with E-state index < -0.39 is 11.9 Å². The van der Waals surface area contributed by atoms with Crippen LogP contribution >= 0.6 is 0 Å². The number of carboxylic acid groups (broad SMARTS) is 2. The van der Waals surface area contributed by atoms with Crippen molar-refractivity contribution in [3.63, 3.8) is 0 Å². The van der Waals surface area contributed by atoms with Crippen LogP contribution in [-0.4, -0.2) is 11.9 Å². The summed E-state index contributed by atoms with van der Waals surface area (Å²) in [5, 5.41) is 18.3. The van der Waals surface area contributed by atoms with E-state index in [0.717, 1.165) is 12.2 Å². The van der Waals surface area contributed by atoms with Crippen LogP contribution in [0.25, 0.3) is 0 Å². The SMILES string of the molecule is C=CC(=O)[O-].C=CC(=O)[O-].[H-].[Mn+2].[Na+]. The molecule has 0 aliphatic heterocycles. The van der Waals surface area contributed by atoms with E-state index in [1.807, 2.05) is 0 Å². The molecule has 0 aromatic rings. The Balaban J connectivity index is -0.0000000267. The van der Waals surface area contributed by atoms with Crippen LogP contribution in [0.3, 0.4) is 0 Å². The zero-order chi connectivity index (χ0) is 8.57. The molecule has 0 aliphatic carbocycles. The van der Waals surface area contributed by atoms with Gasteiger partial charge in [0.05, 0.1) is 11.9 Å². The summed E-state index contributed by atoms with van der Waals surface area (Å²) in [4.78, 5) is 18.3. The van der Waals surface area contributed by atoms with Crippen LogP contribution in [0.5, 0.6) is 0 Å². The minimum absolute atomic E-state index is 0. The van der Waals surface area contributed by atoms with Gasteiger partial charge >= 0.3 is 46.6 Å². The summed E-state index contributed by atoms with van der Waals surface area (Å²) in [6, 6.07) is 0. The van der Waals surface area contributed by atoms with E-state index in [1.54, 1.807) is 0 Å². The maximum Gasteiger partial charge on any atom is 2.00 e. The van der Waals surface area contributed by atoms with Gasteiger partial charge in [-0.1, -0.05) is 13.2 Å². The molecule has 0 bridgehead atoms. The van der Waals surface area contributed by atoms with Crippen molar-refractivity contribution in [3.8, 4) is 0 Å². The summed E-state index contributed by atoms with van der Waals surface area (Å²) < 4.78 is 0. The van der Waals surface area contributed by atoms with Crippen molar-refractivity contribution >= 4 is 11.9 Å². The maximum absolute atomic E-state index is 9.14. The number of carboxylic acids is 2. The molecule has 0 aliphatic rings.